The summed E-state index contributed by atoms with van der Waals surface area (Å²) in [4.78, 5) is 28.1. The first kappa shape index (κ1) is 18.4. The maximum Gasteiger partial charge on any atom is 0.251 e. The largest absolute Gasteiger partial charge is 0.467 e. The number of nitrogens with zero attached hydrogens (tertiary/aromatic N) is 1. The Kier molecular flexibility index (Phi) is 5.21. The summed E-state index contributed by atoms with van der Waals surface area (Å²) in [5, 5.41) is 2.94. The van der Waals surface area contributed by atoms with Crippen LogP contribution in [-0.4, -0.2) is 17.6 Å². The van der Waals surface area contributed by atoms with Crippen molar-refractivity contribution in [2.75, 3.05) is 10.7 Å². The summed E-state index contributed by atoms with van der Waals surface area (Å²) in [6.07, 6.45) is 1.58. The number of thioether (sulfide) groups is 1. The molecule has 0 fully saturated rings. The molecule has 1 unspecified atom stereocenters. The van der Waals surface area contributed by atoms with E-state index in [1.54, 1.807) is 29.4 Å². The molecule has 1 atom stereocenters. The molecule has 0 aliphatic carbocycles. The van der Waals surface area contributed by atoms with Crippen LogP contribution >= 0.6 is 11.8 Å². The van der Waals surface area contributed by atoms with E-state index < -0.39 is 0 Å². The number of amides is 2. The molecule has 3 aromatic rings. The number of anilines is 1. The molecule has 1 aliphatic rings. The highest BCUT2D eigenvalue weighted by Gasteiger charge is 2.26. The highest BCUT2D eigenvalue weighted by molar-refractivity contribution is 8.00. The minimum atomic E-state index is -0.241. The molecule has 1 aliphatic heterocycles. The van der Waals surface area contributed by atoms with Crippen LogP contribution in [0.5, 0.6) is 0 Å². The molecule has 0 saturated heterocycles. The average molecular weight is 392 g/mol. The SMILES string of the molecule is CC(NC(=O)c1ccc2c(c1)N(Cc1ccccc1)C(=O)CS2)c1ccco1. The van der Waals surface area contributed by atoms with Gasteiger partial charge in [0.25, 0.3) is 5.91 Å². The maximum atomic E-state index is 12.7. The molecule has 28 heavy (non-hydrogen) atoms. The van der Waals surface area contributed by atoms with E-state index in [1.165, 1.54) is 11.8 Å². The summed E-state index contributed by atoms with van der Waals surface area (Å²) in [7, 11) is 0. The van der Waals surface area contributed by atoms with Gasteiger partial charge in [-0.3, -0.25) is 9.59 Å². The first-order valence-electron chi connectivity index (χ1n) is 9.07. The van der Waals surface area contributed by atoms with Gasteiger partial charge in [0.05, 0.1) is 30.3 Å². The Hall–Kier alpha value is -2.99. The molecule has 2 heterocycles. The first-order valence-corrected chi connectivity index (χ1v) is 10.1. The van der Waals surface area contributed by atoms with Crippen LogP contribution in [0.1, 0.15) is 34.6 Å². The third-order valence-electron chi connectivity index (χ3n) is 4.67. The fraction of sp³-hybridized carbons (Fsp3) is 0.182. The zero-order valence-electron chi connectivity index (χ0n) is 15.4. The Balaban J connectivity index is 1.58. The number of benzene rings is 2. The van der Waals surface area contributed by atoms with E-state index in [0.717, 1.165) is 16.1 Å². The second-order valence-electron chi connectivity index (χ2n) is 6.65. The molecular formula is C22H20N2O3S. The van der Waals surface area contributed by atoms with E-state index in [2.05, 4.69) is 5.32 Å². The van der Waals surface area contributed by atoms with Crippen LogP contribution in [0.4, 0.5) is 5.69 Å². The van der Waals surface area contributed by atoms with Gasteiger partial charge >= 0.3 is 0 Å². The number of fused-ring (bicyclic) bond motifs is 1. The fourth-order valence-corrected chi connectivity index (χ4v) is 4.09. The number of hydrogen-bond acceptors (Lipinski definition) is 4. The Bertz CT molecular complexity index is 986. The van der Waals surface area contributed by atoms with E-state index in [0.29, 0.717) is 23.6 Å². The van der Waals surface area contributed by atoms with Gasteiger partial charge in [-0.05, 0) is 42.8 Å². The van der Waals surface area contributed by atoms with Crippen LogP contribution in [0.2, 0.25) is 0 Å². The summed E-state index contributed by atoms with van der Waals surface area (Å²) in [6.45, 7) is 2.36. The predicted octanol–water partition coefficient (Wildman–Crippen LogP) is 4.41. The monoisotopic (exact) mass is 392 g/mol. The molecule has 5 nitrogen and oxygen atoms in total. The normalized spacial score (nSPS) is 14.5. The van der Waals surface area contributed by atoms with Crippen LogP contribution in [0.3, 0.4) is 0 Å². The number of carbonyl (C=O) groups excluding carboxylic acids is 2. The zero-order valence-corrected chi connectivity index (χ0v) is 16.2. The van der Waals surface area contributed by atoms with Gasteiger partial charge < -0.3 is 14.6 Å². The number of rotatable bonds is 5. The van der Waals surface area contributed by atoms with Crippen LogP contribution in [0.15, 0.2) is 76.2 Å². The molecule has 6 heteroatoms. The summed E-state index contributed by atoms with van der Waals surface area (Å²) < 4.78 is 5.35. The van der Waals surface area contributed by atoms with Crippen molar-refractivity contribution in [3.05, 3.63) is 83.8 Å². The number of nitrogens with one attached hydrogen (secondary N) is 1. The second kappa shape index (κ2) is 7.94. The van der Waals surface area contributed by atoms with Crippen molar-refractivity contribution in [3.63, 3.8) is 0 Å². The lowest BCUT2D eigenvalue weighted by Crippen LogP contribution is -2.35. The van der Waals surface area contributed by atoms with Crippen LogP contribution < -0.4 is 10.2 Å². The molecule has 0 spiro atoms. The molecule has 0 radical (unpaired) electrons. The van der Waals surface area contributed by atoms with Gasteiger partial charge in [0.15, 0.2) is 0 Å². The number of carbonyl (C=O) groups is 2. The van der Waals surface area contributed by atoms with Crippen LogP contribution in [0.25, 0.3) is 0 Å². The van der Waals surface area contributed by atoms with E-state index >= 15 is 0 Å². The molecular weight excluding hydrogens is 372 g/mol. The van der Waals surface area contributed by atoms with Crippen molar-refractivity contribution in [1.29, 1.82) is 0 Å². The molecule has 1 aromatic heterocycles. The summed E-state index contributed by atoms with van der Waals surface area (Å²) >= 11 is 1.51. The van der Waals surface area contributed by atoms with Crippen molar-refractivity contribution in [2.24, 2.45) is 0 Å². The average Bonchev–Trinajstić information content (AvgIpc) is 3.25. The smallest absolute Gasteiger partial charge is 0.251 e. The summed E-state index contributed by atoms with van der Waals surface area (Å²) in [5.41, 5.74) is 2.35. The van der Waals surface area contributed by atoms with Gasteiger partial charge in [-0.25, -0.2) is 0 Å². The van der Waals surface area contributed by atoms with Gasteiger partial charge in [0.1, 0.15) is 5.76 Å². The fourth-order valence-electron chi connectivity index (χ4n) is 3.17. The van der Waals surface area contributed by atoms with Crippen LogP contribution in [0, 0.1) is 0 Å². The summed E-state index contributed by atoms with van der Waals surface area (Å²) in [6, 6.07) is 18.8. The maximum absolute atomic E-state index is 12.7. The van der Waals surface area contributed by atoms with Crippen molar-refractivity contribution < 1.29 is 14.0 Å². The van der Waals surface area contributed by atoms with Crippen LogP contribution in [-0.2, 0) is 11.3 Å². The van der Waals surface area contributed by atoms with Crippen molar-refractivity contribution in [2.45, 2.75) is 24.4 Å². The Morgan fingerprint density at radius 3 is 2.75 bits per heavy atom. The quantitative estimate of drug-likeness (QED) is 0.699. The predicted molar refractivity (Wildman–Crippen MR) is 109 cm³/mol. The van der Waals surface area contributed by atoms with Gasteiger partial charge in [0.2, 0.25) is 5.91 Å². The zero-order chi connectivity index (χ0) is 19.5. The summed E-state index contributed by atoms with van der Waals surface area (Å²) in [5.74, 6) is 0.945. The van der Waals surface area contributed by atoms with E-state index in [-0.39, 0.29) is 17.9 Å². The van der Waals surface area contributed by atoms with E-state index in [4.69, 9.17) is 4.42 Å². The lowest BCUT2D eigenvalue weighted by atomic mass is 10.1. The Labute approximate surface area is 167 Å². The first-order chi connectivity index (χ1) is 13.6. The molecule has 1 N–H and O–H groups in total. The van der Waals surface area contributed by atoms with Gasteiger partial charge in [-0.1, -0.05) is 30.3 Å². The molecule has 4 rings (SSSR count). The molecule has 2 aromatic carbocycles. The Morgan fingerprint density at radius 2 is 2.00 bits per heavy atom. The molecule has 2 amide bonds. The van der Waals surface area contributed by atoms with Crippen molar-refractivity contribution in [1.82, 2.24) is 5.32 Å². The van der Waals surface area contributed by atoms with Crippen molar-refractivity contribution >= 4 is 29.3 Å². The number of hydrogen-bond donors (Lipinski definition) is 1. The lowest BCUT2D eigenvalue weighted by molar-refractivity contribution is -0.116. The highest BCUT2D eigenvalue weighted by Crippen LogP contribution is 2.37. The van der Waals surface area contributed by atoms with E-state index in [9.17, 15) is 9.59 Å². The molecule has 0 saturated carbocycles. The standard InChI is InChI=1S/C22H20N2O3S/c1-15(19-8-5-11-27-19)23-22(26)17-9-10-20-18(12-17)24(21(25)14-28-20)13-16-6-3-2-4-7-16/h2-12,15H,13-14H2,1H3,(H,23,26). The third kappa shape index (κ3) is 3.82. The second-order valence-corrected chi connectivity index (χ2v) is 7.66. The Morgan fingerprint density at radius 1 is 1.18 bits per heavy atom. The molecule has 142 valence electrons. The van der Waals surface area contributed by atoms with Crippen molar-refractivity contribution in [3.8, 4) is 0 Å². The topological polar surface area (TPSA) is 62.6 Å². The minimum Gasteiger partial charge on any atom is -0.467 e. The van der Waals surface area contributed by atoms with Gasteiger partial charge in [-0.2, -0.15) is 0 Å². The molecule has 0 bridgehead atoms. The minimum absolute atomic E-state index is 0.0443. The van der Waals surface area contributed by atoms with Gasteiger partial charge in [0, 0.05) is 10.5 Å². The number of furan rings is 1. The third-order valence-corrected chi connectivity index (χ3v) is 5.71. The lowest BCUT2D eigenvalue weighted by Gasteiger charge is -2.29. The highest BCUT2D eigenvalue weighted by atomic mass is 32.2. The van der Waals surface area contributed by atoms with Gasteiger partial charge in [-0.15, -0.1) is 11.8 Å². The van der Waals surface area contributed by atoms with E-state index in [1.807, 2.05) is 49.4 Å².